The van der Waals surface area contributed by atoms with Gasteiger partial charge in [-0.2, -0.15) is 0 Å². The second kappa shape index (κ2) is 4.06. The Bertz CT molecular complexity index is 388. The molecule has 1 aliphatic rings. The molecule has 1 fully saturated rings. The first-order valence-corrected chi connectivity index (χ1v) is 4.86. The summed E-state index contributed by atoms with van der Waals surface area (Å²) in [6.45, 7) is 1.56. The summed E-state index contributed by atoms with van der Waals surface area (Å²) in [5.74, 6) is -2.05. The van der Waals surface area contributed by atoms with Crippen molar-refractivity contribution < 1.29 is 13.6 Å². The molecule has 0 atom stereocenters. The molecule has 0 spiro atoms. The first-order valence-electron chi connectivity index (χ1n) is 4.86. The largest absolute Gasteiger partial charge is 0.316 e. The Balaban J connectivity index is 2.13. The van der Waals surface area contributed by atoms with Crippen molar-refractivity contribution in [2.45, 2.75) is 6.42 Å². The van der Waals surface area contributed by atoms with Crippen LogP contribution in [0.2, 0.25) is 0 Å². The van der Waals surface area contributed by atoms with Crippen LogP contribution < -0.4 is 5.32 Å². The highest BCUT2D eigenvalue weighted by Crippen LogP contribution is 2.17. The van der Waals surface area contributed by atoms with Crippen LogP contribution in [0.15, 0.2) is 18.2 Å². The molecular weight excluding hydrogens is 200 g/mol. The lowest BCUT2D eigenvalue weighted by Crippen LogP contribution is -2.43. The maximum Gasteiger partial charge on any atom is 0.169 e. The summed E-state index contributed by atoms with van der Waals surface area (Å²) in [6, 6.07) is 3.69. The number of ketones is 1. The molecular formula is C11H11F2NO. The highest BCUT2D eigenvalue weighted by molar-refractivity contribution is 5.96. The van der Waals surface area contributed by atoms with E-state index >= 15 is 0 Å². The van der Waals surface area contributed by atoms with Gasteiger partial charge in [0.2, 0.25) is 0 Å². The monoisotopic (exact) mass is 211 g/mol. The molecule has 0 aliphatic carbocycles. The first-order chi connectivity index (χ1) is 7.18. The van der Waals surface area contributed by atoms with Crippen LogP contribution in [0.3, 0.4) is 0 Å². The van der Waals surface area contributed by atoms with Crippen LogP contribution in [0.1, 0.15) is 16.8 Å². The molecule has 0 amide bonds. The van der Waals surface area contributed by atoms with Crippen LogP contribution in [0, 0.1) is 17.6 Å². The molecule has 1 heterocycles. The molecule has 2 rings (SSSR count). The molecule has 80 valence electrons. The molecule has 1 saturated heterocycles. The van der Waals surface area contributed by atoms with E-state index in [1.807, 2.05) is 0 Å². The number of carbonyl (C=O) groups excluding carboxylic acids is 1. The van der Waals surface area contributed by atoms with Crippen molar-refractivity contribution in [1.82, 2.24) is 5.32 Å². The van der Waals surface area contributed by atoms with Gasteiger partial charge < -0.3 is 5.32 Å². The van der Waals surface area contributed by atoms with Crippen LogP contribution in [-0.4, -0.2) is 18.9 Å². The molecule has 2 nitrogen and oxygen atoms in total. The summed E-state index contributed by atoms with van der Waals surface area (Å²) < 4.78 is 26.0. The smallest absolute Gasteiger partial charge is 0.169 e. The maximum atomic E-state index is 13.2. The van der Waals surface area contributed by atoms with Crippen molar-refractivity contribution >= 4 is 5.78 Å². The number of Topliss-reactive ketones (excluding diaryl/α,β-unsaturated/α-hetero) is 1. The standard InChI is InChI=1S/C11H11F2NO/c12-9-3-1-2-8(11(9)13)10(15)4-7-5-14-6-7/h1-3,7,14H,4-6H2. The lowest BCUT2D eigenvalue weighted by Gasteiger charge is -2.26. The van der Waals surface area contributed by atoms with E-state index in [-0.39, 0.29) is 23.7 Å². The summed E-state index contributed by atoms with van der Waals surface area (Å²) in [4.78, 5) is 11.6. The molecule has 0 saturated carbocycles. The third-order valence-electron chi connectivity index (χ3n) is 2.59. The van der Waals surface area contributed by atoms with Crippen LogP contribution >= 0.6 is 0 Å². The van der Waals surface area contributed by atoms with Gasteiger partial charge in [-0.15, -0.1) is 0 Å². The number of carbonyl (C=O) groups is 1. The van der Waals surface area contributed by atoms with Gasteiger partial charge in [0.1, 0.15) is 0 Å². The topological polar surface area (TPSA) is 29.1 Å². The fraction of sp³-hybridized carbons (Fsp3) is 0.364. The molecule has 1 N–H and O–H groups in total. The minimum atomic E-state index is -1.03. The Labute approximate surface area is 86.3 Å². The SMILES string of the molecule is O=C(CC1CNC1)c1cccc(F)c1F. The molecule has 1 aromatic rings. The highest BCUT2D eigenvalue weighted by Gasteiger charge is 2.23. The minimum Gasteiger partial charge on any atom is -0.316 e. The molecule has 1 aromatic carbocycles. The van der Waals surface area contributed by atoms with E-state index in [4.69, 9.17) is 0 Å². The van der Waals surface area contributed by atoms with Gasteiger partial charge in [-0.25, -0.2) is 8.78 Å². The molecule has 0 unspecified atom stereocenters. The van der Waals surface area contributed by atoms with Gasteiger partial charge in [-0.1, -0.05) is 6.07 Å². The Kier molecular flexibility index (Phi) is 2.77. The van der Waals surface area contributed by atoms with Gasteiger partial charge in [-0.05, 0) is 31.1 Å². The Morgan fingerprint density at radius 3 is 2.73 bits per heavy atom. The second-order valence-corrected chi connectivity index (χ2v) is 3.75. The summed E-state index contributed by atoms with van der Waals surface area (Å²) in [5.41, 5.74) is -0.137. The van der Waals surface area contributed by atoms with Gasteiger partial charge >= 0.3 is 0 Å². The lowest BCUT2D eigenvalue weighted by atomic mass is 9.93. The third kappa shape index (κ3) is 2.04. The van der Waals surface area contributed by atoms with Gasteiger partial charge in [0, 0.05) is 6.42 Å². The van der Waals surface area contributed by atoms with Crippen molar-refractivity contribution in [3.05, 3.63) is 35.4 Å². The maximum absolute atomic E-state index is 13.2. The zero-order valence-electron chi connectivity index (χ0n) is 8.09. The van der Waals surface area contributed by atoms with Crippen molar-refractivity contribution in [2.24, 2.45) is 5.92 Å². The Hall–Kier alpha value is -1.29. The number of hydrogen-bond acceptors (Lipinski definition) is 2. The van der Waals surface area contributed by atoms with Crippen molar-refractivity contribution in [2.75, 3.05) is 13.1 Å². The second-order valence-electron chi connectivity index (χ2n) is 3.75. The highest BCUT2D eigenvalue weighted by atomic mass is 19.2. The van der Waals surface area contributed by atoms with Gasteiger partial charge in [0.25, 0.3) is 0 Å². The van der Waals surface area contributed by atoms with Gasteiger partial charge in [0.15, 0.2) is 17.4 Å². The number of hydrogen-bond donors (Lipinski definition) is 1. The predicted octanol–water partition coefficient (Wildman–Crippen LogP) is 1.76. The van der Waals surface area contributed by atoms with Crippen LogP contribution in [0.5, 0.6) is 0 Å². The van der Waals surface area contributed by atoms with E-state index in [2.05, 4.69) is 5.32 Å². The van der Waals surface area contributed by atoms with Crippen LogP contribution in [0.4, 0.5) is 8.78 Å². The zero-order chi connectivity index (χ0) is 10.8. The zero-order valence-corrected chi connectivity index (χ0v) is 8.09. The van der Waals surface area contributed by atoms with Gasteiger partial charge in [0.05, 0.1) is 5.56 Å². The normalized spacial score (nSPS) is 16.1. The van der Waals surface area contributed by atoms with Crippen LogP contribution in [-0.2, 0) is 0 Å². The molecule has 0 aromatic heterocycles. The number of halogens is 2. The number of nitrogens with one attached hydrogen (secondary N) is 1. The molecule has 1 aliphatic heterocycles. The minimum absolute atomic E-state index is 0.137. The summed E-state index contributed by atoms with van der Waals surface area (Å²) >= 11 is 0. The fourth-order valence-corrected chi connectivity index (χ4v) is 1.58. The van der Waals surface area contributed by atoms with Crippen molar-refractivity contribution in [3.63, 3.8) is 0 Å². The summed E-state index contributed by atoms with van der Waals surface area (Å²) in [5, 5.41) is 3.02. The van der Waals surface area contributed by atoms with E-state index in [1.54, 1.807) is 0 Å². The molecule has 15 heavy (non-hydrogen) atoms. The van der Waals surface area contributed by atoms with Crippen molar-refractivity contribution in [1.29, 1.82) is 0 Å². The fourth-order valence-electron chi connectivity index (χ4n) is 1.58. The summed E-state index contributed by atoms with van der Waals surface area (Å²) in [6.07, 6.45) is 0.285. The predicted molar refractivity (Wildman–Crippen MR) is 51.7 cm³/mol. The van der Waals surface area contributed by atoms with E-state index in [9.17, 15) is 13.6 Å². The third-order valence-corrected chi connectivity index (χ3v) is 2.59. The Morgan fingerprint density at radius 2 is 2.13 bits per heavy atom. The van der Waals surface area contributed by atoms with Gasteiger partial charge in [-0.3, -0.25) is 4.79 Å². The van der Waals surface area contributed by atoms with Crippen LogP contribution in [0.25, 0.3) is 0 Å². The molecule has 0 bridgehead atoms. The number of benzene rings is 1. The average Bonchev–Trinajstić information content (AvgIpc) is 2.15. The molecule has 4 heteroatoms. The number of rotatable bonds is 3. The summed E-state index contributed by atoms with van der Waals surface area (Å²) in [7, 11) is 0. The molecule has 0 radical (unpaired) electrons. The quantitative estimate of drug-likeness (QED) is 0.772. The Morgan fingerprint density at radius 1 is 1.40 bits per heavy atom. The van der Waals surface area contributed by atoms with E-state index in [0.717, 1.165) is 19.2 Å². The van der Waals surface area contributed by atoms with E-state index in [1.165, 1.54) is 12.1 Å². The first kappa shape index (κ1) is 10.2. The average molecular weight is 211 g/mol. The van der Waals surface area contributed by atoms with E-state index in [0.29, 0.717) is 0 Å². The lowest BCUT2D eigenvalue weighted by molar-refractivity contribution is 0.0940. The van der Waals surface area contributed by atoms with E-state index < -0.39 is 11.6 Å². The van der Waals surface area contributed by atoms with Crippen molar-refractivity contribution in [3.8, 4) is 0 Å².